The number of aromatic nitrogens is 4. The Morgan fingerprint density at radius 3 is 2.88 bits per heavy atom. The first-order chi connectivity index (χ1) is 12.1. The fourth-order valence-electron chi connectivity index (χ4n) is 3.11. The molecule has 1 aliphatic carbocycles. The van der Waals surface area contributed by atoms with Crippen LogP contribution in [0.3, 0.4) is 0 Å². The molecule has 2 N–H and O–H groups in total. The van der Waals surface area contributed by atoms with Crippen LogP contribution in [0.4, 0.5) is 5.82 Å². The molecule has 1 aromatic carbocycles. The van der Waals surface area contributed by atoms with Gasteiger partial charge < -0.3 is 5.32 Å². The quantitative estimate of drug-likeness (QED) is 0.754. The van der Waals surface area contributed by atoms with Crippen molar-refractivity contribution in [3.8, 4) is 5.95 Å². The van der Waals surface area contributed by atoms with Crippen molar-refractivity contribution < 1.29 is 0 Å². The van der Waals surface area contributed by atoms with Gasteiger partial charge in [-0.1, -0.05) is 23.7 Å². The summed E-state index contributed by atoms with van der Waals surface area (Å²) in [7, 11) is 0. The van der Waals surface area contributed by atoms with Crippen molar-refractivity contribution >= 4 is 17.4 Å². The molecule has 128 valence electrons. The third kappa shape index (κ3) is 3.17. The third-order valence-corrected chi connectivity index (χ3v) is 4.60. The number of halogens is 1. The first-order valence-electron chi connectivity index (χ1n) is 8.27. The Morgan fingerprint density at radius 2 is 2.08 bits per heavy atom. The van der Waals surface area contributed by atoms with Crippen molar-refractivity contribution in [2.45, 2.75) is 32.7 Å². The Morgan fingerprint density at radius 1 is 1.28 bits per heavy atom. The van der Waals surface area contributed by atoms with E-state index in [-0.39, 0.29) is 5.56 Å². The lowest BCUT2D eigenvalue weighted by atomic mass is 10.2. The molecule has 2 aromatic heterocycles. The van der Waals surface area contributed by atoms with E-state index in [9.17, 15) is 4.79 Å². The maximum Gasteiger partial charge on any atom is 0.255 e. The number of nitrogens with one attached hydrogen (secondary N) is 2. The maximum atomic E-state index is 12.3. The molecule has 0 amide bonds. The Balaban J connectivity index is 1.64. The molecule has 4 rings (SSSR count). The topological polar surface area (TPSA) is 75.6 Å². The average Bonchev–Trinajstić information content (AvgIpc) is 3.21. The number of aromatic amines is 1. The van der Waals surface area contributed by atoms with Gasteiger partial charge in [0.1, 0.15) is 5.82 Å². The van der Waals surface area contributed by atoms with Gasteiger partial charge >= 0.3 is 0 Å². The van der Waals surface area contributed by atoms with Crippen molar-refractivity contribution in [2.24, 2.45) is 0 Å². The number of benzene rings is 1. The summed E-state index contributed by atoms with van der Waals surface area (Å²) >= 11 is 5.92. The van der Waals surface area contributed by atoms with Crippen molar-refractivity contribution in [1.29, 1.82) is 0 Å². The lowest BCUT2D eigenvalue weighted by Crippen LogP contribution is -2.19. The summed E-state index contributed by atoms with van der Waals surface area (Å²) in [5, 5.41) is 8.54. The first kappa shape index (κ1) is 15.9. The fraction of sp³-hybridized carbons (Fsp3) is 0.278. The van der Waals surface area contributed by atoms with E-state index >= 15 is 0 Å². The highest BCUT2D eigenvalue weighted by Crippen LogP contribution is 2.20. The number of nitrogens with zero attached hydrogens (tertiary/aromatic N) is 3. The van der Waals surface area contributed by atoms with Gasteiger partial charge in [-0.25, -0.2) is 4.98 Å². The second-order valence-corrected chi connectivity index (χ2v) is 6.67. The number of rotatable bonds is 4. The lowest BCUT2D eigenvalue weighted by molar-refractivity contribution is 0.779. The molecule has 2 heterocycles. The molecule has 0 radical (unpaired) electrons. The number of H-pyrrole nitrogens is 1. The summed E-state index contributed by atoms with van der Waals surface area (Å²) in [6.07, 6.45) is 2.63. The molecule has 25 heavy (non-hydrogen) atoms. The van der Waals surface area contributed by atoms with Gasteiger partial charge in [0.25, 0.3) is 5.56 Å². The predicted molar refractivity (Wildman–Crippen MR) is 97.5 cm³/mol. The SMILES string of the molecule is Cc1cc(NCc2ccc(Cl)cc2)n(-c2nc3c(c(=O)[nH]2)CCC3)n1. The molecule has 6 nitrogen and oxygen atoms in total. The summed E-state index contributed by atoms with van der Waals surface area (Å²) in [5.41, 5.74) is 3.58. The molecule has 3 aromatic rings. The minimum Gasteiger partial charge on any atom is -0.366 e. The summed E-state index contributed by atoms with van der Waals surface area (Å²) in [6.45, 7) is 2.53. The minimum absolute atomic E-state index is 0.0608. The highest BCUT2D eigenvalue weighted by Gasteiger charge is 2.19. The van der Waals surface area contributed by atoms with E-state index < -0.39 is 0 Å². The van der Waals surface area contributed by atoms with Gasteiger partial charge in [-0.3, -0.25) is 9.78 Å². The summed E-state index contributed by atoms with van der Waals surface area (Å²) in [4.78, 5) is 19.7. The monoisotopic (exact) mass is 355 g/mol. The molecule has 1 aliphatic rings. The highest BCUT2D eigenvalue weighted by atomic mass is 35.5. The van der Waals surface area contributed by atoms with E-state index in [1.54, 1.807) is 4.68 Å². The zero-order valence-electron chi connectivity index (χ0n) is 13.8. The normalized spacial score (nSPS) is 13.0. The van der Waals surface area contributed by atoms with Crippen LogP contribution >= 0.6 is 11.6 Å². The van der Waals surface area contributed by atoms with Gasteiger partial charge in [0, 0.05) is 23.2 Å². The molecular formula is C18H18ClN5O. The molecule has 0 fully saturated rings. The second kappa shape index (κ2) is 6.37. The van der Waals surface area contributed by atoms with Crippen LogP contribution in [0.15, 0.2) is 35.1 Å². The predicted octanol–water partition coefficient (Wildman–Crippen LogP) is 3.02. The number of hydrogen-bond acceptors (Lipinski definition) is 4. The molecule has 0 unspecified atom stereocenters. The molecule has 7 heteroatoms. The van der Waals surface area contributed by atoms with E-state index in [1.165, 1.54) is 0 Å². The van der Waals surface area contributed by atoms with E-state index in [4.69, 9.17) is 11.6 Å². The zero-order chi connectivity index (χ0) is 17.4. The Labute approximate surface area is 149 Å². The average molecular weight is 356 g/mol. The first-order valence-corrected chi connectivity index (χ1v) is 8.65. The van der Waals surface area contributed by atoms with Crippen LogP contribution < -0.4 is 10.9 Å². The summed E-state index contributed by atoms with van der Waals surface area (Å²) in [5.74, 6) is 1.24. The van der Waals surface area contributed by atoms with Crippen LogP contribution in [0, 0.1) is 6.92 Å². The molecule has 0 aliphatic heterocycles. The Bertz CT molecular complexity index is 974. The number of anilines is 1. The van der Waals surface area contributed by atoms with Gasteiger partial charge in [-0.15, -0.1) is 0 Å². The van der Waals surface area contributed by atoms with E-state index in [0.717, 1.165) is 47.6 Å². The Kier molecular flexibility index (Phi) is 4.05. The second-order valence-electron chi connectivity index (χ2n) is 6.23. The van der Waals surface area contributed by atoms with E-state index in [1.807, 2.05) is 37.3 Å². The van der Waals surface area contributed by atoms with Gasteiger partial charge in [-0.05, 0) is 43.9 Å². The summed E-state index contributed by atoms with van der Waals surface area (Å²) < 4.78 is 1.66. The van der Waals surface area contributed by atoms with Crippen molar-refractivity contribution in [3.63, 3.8) is 0 Å². The molecule has 0 saturated heterocycles. The van der Waals surface area contributed by atoms with E-state index in [2.05, 4.69) is 20.4 Å². The standard InChI is InChI=1S/C18H18ClN5O/c1-11-9-16(20-10-12-5-7-13(19)8-6-12)24(23-11)18-21-15-4-2-3-14(15)17(25)22-18/h5-9,20H,2-4,10H2,1H3,(H,21,22,25). The van der Waals surface area contributed by atoms with Gasteiger partial charge in [0.2, 0.25) is 5.95 Å². The number of aryl methyl sites for hydroxylation is 2. The van der Waals surface area contributed by atoms with Gasteiger partial charge in [0.15, 0.2) is 0 Å². The summed E-state index contributed by atoms with van der Waals surface area (Å²) in [6, 6.07) is 9.60. The van der Waals surface area contributed by atoms with Crippen LogP contribution in [-0.4, -0.2) is 19.7 Å². The maximum absolute atomic E-state index is 12.3. The third-order valence-electron chi connectivity index (χ3n) is 4.35. The molecule has 0 atom stereocenters. The largest absolute Gasteiger partial charge is 0.366 e. The van der Waals surface area contributed by atoms with Crippen LogP contribution in [0.2, 0.25) is 5.02 Å². The molecular weight excluding hydrogens is 338 g/mol. The van der Waals surface area contributed by atoms with Crippen LogP contribution in [0.1, 0.15) is 28.9 Å². The van der Waals surface area contributed by atoms with E-state index in [0.29, 0.717) is 17.5 Å². The number of hydrogen-bond donors (Lipinski definition) is 2. The van der Waals surface area contributed by atoms with Gasteiger partial charge in [0.05, 0.1) is 11.4 Å². The van der Waals surface area contributed by atoms with Gasteiger partial charge in [-0.2, -0.15) is 9.78 Å². The number of fused-ring (bicyclic) bond motifs is 1. The fourth-order valence-corrected chi connectivity index (χ4v) is 3.24. The molecule has 0 bridgehead atoms. The van der Waals surface area contributed by atoms with Crippen LogP contribution in [-0.2, 0) is 19.4 Å². The highest BCUT2D eigenvalue weighted by molar-refractivity contribution is 6.30. The smallest absolute Gasteiger partial charge is 0.255 e. The minimum atomic E-state index is -0.0608. The van der Waals surface area contributed by atoms with Crippen molar-refractivity contribution in [1.82, 2.24) is 19.7 Å². The Hall–Kier alpha value is -2.60. The molecule has 0 spiro atoms. The van der Waals surface area contributed by atoms with Crippen LogP contribution in [0.25, 0.3) is 5.95 Å². The lowest BCUT2D eigenvalue weighted by Gasteiger charge is -2.10. The molecule has 0 saturated carbocycles. The van der Waals surface area contributed by atoms with Crippen molar-refractivity contribution in [3.05, 3.63) is 68.2 Å². The zero-order valence-corrected chi connectivity index (χ0v) is 14.6. The van der Waals surface area contributed by atoms with Crippen molar-refractivity contribution in [2.75, 3.05) is 5.32 Å². The van der Waals surface area contributed by atoms with Crippen LogP contribution in [0.5, 0.6) is 0 Å².